The van der Waals surface area contributed by atoms with Crippen LogP contribution in [-0.4, -0.2) is 79.3 Å². The lowest BCUT2D eigenvalue weighted by Gasteiger charge is -2.65. The number of aliphatic hydroxyl groups excluding tert-OH is 1. The lowest BCUT2D eigenvalue weighted by atomic mass is 9.43. The van der Waals surface area contributed by atoms with Crippen LogP contribution in [0, 0.1) is 28.6 Å². The molecular weight excluding hydrogens is 756 g/mol. The molecule has 0 unspecified atom stereocenters. The van der Waals surface area contributed by atoms with E-state index in [1.54, 1.807) is 51.3 Å². The van der Waals surface area contributed by atoms with Gasteiger partial charge in [0.2, 0.25) is 0 Å². The first kappa shape index (κ1) is 40.0. The van der Waals surface area contributed by atoms with Crippen LogP contribution in [0.3, 0.4) is 0 Å². The van der Waals surface area contributed by atoms with Crippen LogP contribution in [0.15, 0.2) is 64.7 Å². The Kier molecular flexibility index (Phi) is 10.2. The van der Waals surface area contributed by atoms with E-state index in [4.69, 9.17) is 18.6 Å². The van der Waals surface area contributed by atoms with Crippen molar-refractivity contribution in [3.05, 3.63) is 75.8 Å². The van der Waals surface area contributed by atoms with Gasteiger partial charge in [-0.15, -0.1) is 0 Å². The smallest absolute Gasteiger partial charge is 0.338 e. The molecule has 1 spiro atoms. The van der Waals surface area contributed by atoms with Gasteiger partial charge in [-0.1, -0.05) is 80.9 Å². The molecule has 288 valence electrons. The van der Waals surface area contributed by atoms with Crippen LogP contribution in [0.25, 0.3) is 0 Å². The number of aliphatic hydroxyl groups is 2. The summed E-state index contributed by atoms with van der Waals surface area (Å²) in [5, 5.41) is 26.0. The molecule has 1 heterocycles. The van der Waals surface area contributed by atoms with Crippen LogP contribution in [0.2, 0.25) is 18.1 Å². The zero-order chi connectivity index (χ0) is 39.1. The van der Waals surface area contributed by atoms with Crippen molar-refractivity contribution in [2.75, 3.05) is 13.7 Å². The summed E-state index contributed by atoms with van der Waals surface area (Å²) in [6.45, 7) is 17.9. The number of carbonyl (C=O) groups is 3. The van der Waals surface area contributed by atoms with Crippen molar-refractivity contribution < 1.29 is 43.2 Å². The lowest BCUT2D eigenvalue weighted by molar-refractivity contribution is -0.263. The summed E-state index contributed by atoms with van der Waals surface area (Å²) in [5.41, 5.74) is -4.84. The van der Waals surface area contributed by atoms with E-state index in [0.29, 0.717) is 23.1 Å². The van der Waals surface area contributed by atoms with Crippen molar-refractivity contribution in [2.45, 2.75) is 115 Å². The van der Waals surface area contributed by atoms with Crippen molar-refractivity contribution in [3.8, 4) is 5.75 Å². The van der Waals surface area contributed by atoms with Gasteiger partial charge in [0.15, 0.2) is 14.1 Å². The van der Waals surface area contributed by atoms with E-state index in [1.807, 2.05) is 31.2 Å². The molecule has 4 aliphatic rings. The van der Waals surface area contributed by atoms with Crippen LogP contribution in [0.5, 0.6) is 5.75 Å². The second-order valence-corrected chi connectivity index (χ2v) is 23.6. The molecule has 3 fully saturated rings. The summed E-state index contributed by atoms with van der Waals surface area (Å²) < 4.78 is 26.0. The molecule has 2 bridgehead atoms. The number of ketones is 2. The monoisotopic (exact) mass is 810 g/mol. The van der Waals surface area contributed by atoms with Gasteiger partial charge in [-0.2, -0.15) is 0 Å². The maximum absolute atomic E-state index is 16.2. The molecule has 1 aliphatic heterocycles. The quantitative estimate of drug-likeness (QED) is 0.161. The van der Waals surface area contributed by atoms with Crippen molar-refractivity contribution in [1.29, 1.82) is 0 Å². The summed E-state index contributed by atoms with van der Waals surface area (Å²) in [5.74, 6) is -3.18. The summed E-state index contributed by atoms with van der Waals surface area (Å²) in [7, 11) is -0.936. The molecule has 11 heteroatoms. The molecule has 6 rings (SSSR count). The normalized spacial score (nSPS) is 35.2. The summed E-state index contributed by atoms with van der Waals surface area (Å²) in [4.78, 5) is 44.0. The third-order valence-corrected chi connectivity index (χ3v) is 19.2. The van der Waals surface area contributed by atoms with Crippen LogP contribution in [-0.2, 0) is 29.9 Å². The highest BCUT2D eigenvalue weighted by Crippen LogP contribution is 2.67. The predicted octanol–water partition coefficient (Wildman–Crippen LogP) is 7.22. The molecular formula is C42H55BrO9Si. The zero-order valence-corrected chi connectivity index (χ0v) is 35.2. The number of hydrogen-bond donors (Lipinski definition) is 2. The first-order chi connectivity index (χ1) is 24.6. The third-order valence-electron chi connectivity index (χ3n) is 13.7. The summed E-state index contributed by atoms with van der Waals surface area (Å²) in [6, 6.07) is 16.0. The van der Waals surface area contributed by atoms with Gasteiger partial charge in [0, 0.05) is 33.2 Å². The van der Waals surface area contributed by atoms with Gasteiger partial charge in [-0.25, -0.2) is 4.79 Å². The largest absolute Gasteiger partial charge is 0.497 e. The molecule has 3 aliphatic carbocycles. The number of epoxide rings is 1. The second kappa shape index (κ2) is 13.5. The Balaban J connectivity index is 1.67. The Labute approximate surface area is 323 Å². The van der Waals surface area contributed by atoms with Gasteiger partial charge in [0.25, 0.3) is 0 Å². The minimum absolute atomic E-state index is 0.0376. The Morgan fingerprint density at radius 2 is 1.64 bits per heavy atom. The lowest BCUT2D eigenvalue weighted by Crippen LogP contribution is -2.77. The van der Waals surface area contributed by atoms with E-state index in [1.165, 1.54) is 6.92 Å². The number of benzene rings is 2. The molecule has 1 saturated heterocycles. The Hall–Kier alpha value is -2.67. The fourth-order valence-electron chi connectivity index (χ4n) is 9.56. The molecule has 9 nitrogen and oxygen atoms in total. The standard InChI is InChI=1S/C42H55BrO9Si/c1-24(44)30-32(43)31-28(22-25-16-18-27(49-8)19-17-25)34(45)40(7)29(52-53(9,10)38(2,3)4)20-21-41(23-50-41)33(40)36(42(48,35(30)46)39(31,5)6)51-37(47)26-14-12-11-13-15-26/h11-19,28-29,31,33,35-36,46,48H,20-23H2,1-10H3/t28-,29+,31+,33+,35-,36+,40-,41-,42-/m1/s1. The average Bonchev–Trinajstić information content (AvgIpc) is 3.86. The van der Waals surface area contributed by atoms with Gasteiger partial charge in [0.1, 0.15) is 29.3 Å². The van der Waals surface area contributed by atoms with E-state index in [-0.39, 0.29) is 35.0 Å². The summed E-state index contributed by atoms with van der Waals surface area (Å²) >= 11 is 3.74. The number of Topliss-reactive ketones (excluding diaryl/α,β-unsaturated/α-hetero) is 2. The van der Waals surface area contributed by atoms with Gasteiger partial charge < -0.3 is 28.8 Å². The highest BCUT2D eigenvalue weighted by Gasteiger charge is 2.78. The fraction of sp³-hybridized carbons (Fsp3) is 0.595. The number of allylic oxidation sites excluding steroid dienone is 1. The van der Waals surface area contributed by atoms with Crippen LogP contribution < -0.4 is 4.74 Å². The van der Waals surface area contributed by atoms with Crippen molar-refractivity contribution in [3.63, 3.8) is 0 Å². The molecule has 53 heavy (non-hydrogen) atoms. The van der Waals surface area contributed by atoms with Crippen LogP contribution in [0.1, 0.15) is 77.2 Å². The number of hydrogen-bond acceptors (Lipinski definition) is 9. The minimum Gasteiger partial charge on any atom is -0.497 e. The van der Waals surface area contributed by atoms with Crippen molar-refractivity contribution in [2.24, 2.45) is 28.6 Å². The highest BCUT2D eigenvalue weighted by atomic mass is 79.9. The molecule has 0 amide bonds. The maximum Gasteiger partial charge on any atom is 0.338 e. The number of carbonyl (C=O) groups excluding carboxylic acids is 3. The Morgan fingerprint density at radius 3 is 2.17 bits per heavy atom. The Morgan fingerprint density at radius 1 is 1.04 bits per heavy atom. The van der Waals surface area contributed by atoms with Crippen LogP contribution >= 0.6 is 15.9 Å². The van der Waals surface area contributed by atoms with Gasteiger partial charge >= 0.3 is 5.97 Å². The Bertz CT molecular complexity index is 1790. The first-order valence-electron chi connectivity index (χ1n) is 18.6. The van der Waals surface area contributed by atoms with Crippen LogP contribution in [0.4, 0.5) is 0 Å². The van der Waals surface area contributed by atoms with E-state index < -0.39 is 78.2 Å². The second-order valence-electron chi connectivity index (χ2n) is 18.0. The third kappa shape index (κ3) is 6.22. The highest BCUT2D eigenvalue weighted by molar-refractivity contribution is 9.11. The van der Waals surface area contributed by atoms with E-state index in [2.05, 4.69) is 49.8 Å². The molecule has 9 atom stereocenters. The summed E-state index contributed by atoms with van der Waals surface area (Å²) in [6.07, 6.45) is -2.60. The first-order valence-corrected chi connectivity index (χ1v) is 22.3. The van der Waals surface area contributed by atoms with E-state index in [9.17, 15) is 19.8 Å². The maximum atomic E-state index is 16.2. The molecule has 2 aromatic rings. The number of esters is 1. The average molecular weight is 812 g/mol. The van der Waals surface area contributed by atoms with Crippen molar-refractivity contribution in [1.82, 2.24) is 0 Å². The molecule has 2 aromatic carbocycles. The molecule has 0 aromatic heterocycles. The molecule has 0 radical (unpaired) electrons. The van der Waals surface area contributed by atoms with E-state index >= 15 is 4.79 Å². The number of methoxy groups -OCH3 is 1. The molecule has 2 saturated carbocycles. The number of rotatable bonds is 8. The predicted molar refractivity (Wildman–Crippen MR) is 207 cm³/mol. The number of ether oxygens (including phenoxy) is 3. The number of halogens is 1. The molecule has 2 N–H and O–H groups in total. The zero-order valence-electron chi connectivity index (χ0n) is 32.6. The number of fused-ring (bicyclic) bond motifs is 4. The SMILES string of the molecule is COc1ccc(C[C@H]2C(=O)[C@]3(C)[C@@H](O[Si](C)(C)C(C)(C)C)CC[C@@]4(CO4)[C@H]3[C@H](OC(=O)c3ccccc3)[C@]3(O)[C@H](O)C(C(C)=O)=C(Br)[C@H]2C3(C)C)cc1. The fourth-order valence-corrected chi connectivity index (χ4v) is 12.4. The van der Waals surface area contributed by atoms with Gasteiger partial charge in [-0.05, 0) is 81.1 Å². The topological polar surface area (TPSA) is 132 Å². The van der Waals surface area contributed by atoms with Gasteiger partial charge in [-0.3, -0.25) is 9.59 Å². The van der Waals surface area contributed by atoms with E-state index in [0.717, 1.165) is 5.56 Å². The van der Waals surface area contributed by atoms with Crippen molar-refractivity contribution >= 4 is 41.8 Å². The van der Waals surface area contributed by atoms with Gasteiger partial charge in [0.05, 0.1) is 36.4 Å². The minimum atomic E-state index is -2.53.